The van der Waals surface area contributed by atoms with Crippen LogP contribution in [0.25, 0.3) is 0 Å². The number of nitrogens with one attached hydrogen (secondary N) is 1. The van der Waals surface area contributed by atoms with E-state index in [1.807, 2.05) is 6.92 Å². The summed E-state index contributed by atoms with van der Waals surface area (Å²) in [6.45, 7) is 3.68. The molecule has 1 aromatic carbocycles. The van der Waals surface area contributed by atoms with E-state index in [0.717, 1.165) is 0 Å². The van der Waals surface area contributed by atoms with Crippen molar-refractivity contribution in [3.05, 3.63) is 28.2 Å². The highest BCUT2D eigenvalue weighted by molar-refractivity contribution is 7.89. The van der Waals surface area contributed by atoms with Crippen LogP contribution in [0, 0.1) is 0 Å². The lowest BCUT2D eigenvalue weighted by Gasteiger charge is -2.13. The summed E-state index contributed by atoms with van der Waals surface area (Å²) < 4.78 is 26.4. The van der Waals surface area contributed by atoms with Gasteiger partial charge in [0.15, 0.2) is 0 Å². The highest BCUT2D eigenvalue weighted by Gasteiger charge is 2.19. The Morgan fingerprint density at radius 2 is 2.00 bits per heavy atom. The molecule has 1 unspecified atom stereocenters. The Kier molecular flexibility index (Phi) is 4.62. The average Bonchev–Trinajstić information content (AvgIpc) is 2.20. The highest BCUT2D eigenvalue weighted by Crippen LogP contribution is 2.25. The minimum Gasteiger partial charge on any atom is -0.208 e. The van der Waals surface area contributed by atoms with Crippen LogP contribution in [0.5, 0.6) is 0 Å². The molecule has 0 saturated carbocycles. The molecular formula is C10H13Cl2NO2S. The van der Waals surface area contributed by atoms with E-state index in [9.17, 15) is 8.42 Å². The molecule has 0 amide bonds. The van der Waals surface area contributed by atoms with Gasteiger partial charge in [-0.25, -0.2) is 13.1 Å². The SMILES string of the molecule is CCC(C)NS(=O)(=O)c1cc(Cl)ccc1Cl. The molecule has 16 heavy (non-hydrogen) atoms. The second-order valence-electron chi connectivity index (χ2n) is 3.51. The van der Waals surface area contributed by atoms with Crippen LogP contribution in [-0.4, -0.2) is 14.5 Å². The third-order valence-corrected chi connectivity index (χ3v) is 4.46. The maximum Gasteiger partial charge on any atom is 0.242 e. The van der Waals surface area contributed by atoms with Gasteiger partial charge in [-0.1, -0.05) is 30.1 Å². The van der Waals surface area contributed by atoms with E-state index < -0.39 is 10.0 Å². The summed E-state index contributed by atoms with van der Waals surface area (Å²) in [4.78, 5) is 0.0157. The van der Waals surface area contributed by atoms with Gasteiger partial charge < -0.3 is 0 Å². The Balaban J connectivity index is 3.12. The predicted octanol–water partition coefficient (Wildman–Crippen LogP) is 3.07. The maximum atomic E-state index is 11.9. The summed E-state index contributed by atoms with van der Waals surface area (Å²) >= 11 is 11.6. The summed E-state index contributed by atoms with van der Waals surface area (Å²) in [6.07, 6.45) is 0.706. The molecule has 0 aliphatic carbocycles. The Morgan fingerprint density at radius 3 is 2.56 bits per heavy atom. The van der Waals surface area contributed by atoms with Crippen LogP contribution >= 0.6 is 23.2 Å². The van der Waals surface area contributed by atoms with Gasteiger partial charge in [-0.3, -0.25) is 0 Å². The molecule has 90 valence electrons. The van der Waals surface area contributed by atoms with E-state index in [2.05, 4.69) is 4.72 Å². The summed E-state index contributed by atoms with van der Waals surface area (Å²) in [5, 5.41) is 0.508. The molecule has 1 N–H and O–H groups in total. The van der Waals surface area contributed by atoms with Crippen molar-refractivity contribution in [2.45, 2.75) is 31.2 Å². The molecule has 3 nitrogen and oxygen atoms in total. The van der Waals surface area contributed by atoms with Crippen LogP contribution < -0.4 is 4.72 Å². The lowest BCUT2D eigenvalue weighted by atomic mass is 10.3. The van der Waals surface area contributed by atoms with Crippen molar-refractivity contribution in [1.82, 2.24) is 4.72 Å². The first kappa shape index (κ1) is 13.8. The largest absolute Gasteiger partial charge is 0.242 e. The van der Waals surface area contributed by atoms with E-state index in [-0.39, 0.29) is 16.0 Å². The molecule has 0 bridgehead atoms. The number of rotatable bonds is 4. The molecule has 0 aliphatic rings. The van der Waals surface area contributed by atoms with Gasteiger partial charge in [0.25, 0.3) is 0 Å². The van der Waals surface area contributed by atoms with Gasteiger partial charge in [-0.15, -0.1) is 0 Å². The zero-order chi connectivity index (χ0) is 12.3. The fourth-order valence-corrected chi connectivity index (χ4v) is 3.18. The number of benzene rings is 1. The van der Waals surface area contributed by atoms with Crippen molar-refractivity contribution >= 4 is 33.2 Å². The second kappa shape index (κ2) is 5.36. The molecule has 0 spiro atoms. The van der Waals surface area contributed by atoms with Crippen molar-refractivity contribution < 1.29 is 8.42 Å². The van der Waals surface area contributed by atoms with Gasteiger partial charge in [0, 0.05) is 11.1 Å². The first-order valence-corrected chi connectivity index (χ1v) is 7.08. The zero-order valence-corrected chi connectivity index (χ0v) is 11.3. The fourth-order valence-electron chi connectivity index (χ4n) is 1.09. The Bertz CT molecular complexity index is 474. The van der Waals surface area contributed by atoms with Gasteiger partial charge in [-0.2, -0.15) is 0 Å². The van der Waals surface area contributed by atoms with Gasteiger partial charge in [-0.05, 0) is 31.5 Å². The third-order valence-electron chi connectivity index (χ3n) is 2.15. The first-order valence-electron chi connectivity index (χ1n) is 4.84. The lowest BCUT2D eigenvalue weighted by molar-refractivity contribution is 0.556. The smallest absolute Gasteiger partial charge is 0.208 e. The summed E-state index contributed by atoms with van der Waals surface area (Å²) in [5.41, 5.74) is 0. The third kappa shape index (κ3) is 3.35. The number of halogens is 2. The predicted molar refractivity (Wildman–Crippen MR) is 66.5 cm³/mol. The van der Waals surface area contributed by atoms with Crippen molar-refractivity contribution in [3.63, 3.8) is 0 Å². The molecule has 1 rings (SSSR count). The van der Waals surface area contributed by atoms with Crippen LogP contribution in [0.4, 0.5) is 0 Å². The molecule has 0 aliphatic heterocycles. The standard InChI is InChI=1S/C10H13Cl2NO2S/c1-3-7(2)13-16(14,15)10-6-8(11)4-5-9(10)12/h4-7,13H,3H2,1-2H3. The summed E-state index contributed by atoms with van der Waals surface area (Å²) in [7, 11) is -3.59. The molecule has 1 atom stereocenters. The van der Waals surface area contributed by atoms with Gasteiger partial charge in [0.2, 0.25) is 10.0 Å². The first-order chi connectivity index (χ1) is 7.36. The number of hydrogen-bond acceptors (Lipinski definition) is 2. The Hall–Kier alpha value is -0.290. The molecule has 0 saturated heterocycles. The Morgan fingerprint density at radius 1 is 1.38 bits per heavy atom. The topological polar surface area (TPSA) is 46.2 Å². The molecule has 0 heterocycles. The van der Waals surface area contributed by atoms with E-state index in [1.54, 1.807) is 13.0 Å². The normalized spacial score (nSPS) is 13.8. The molecule has 0 radical (unpaired) electrons. The van der Waals surface area contributed by atoms with Crippen molar-refractivity contribution in [1.29, 1.82) is 0 Å². The summed E-state index contributed by atoms with van der Waals surface area (Å²) in [5.74, 6) is 0. The van der Waals surface area contributed by atoms with Crippen molar-refractivity contribution in [3.8, 4) is 0 Å². The molecule has 1 aromatic rings. The van der Waals surface area contributed by atoms with Gasteiger partial charge in [0.1, 0.15) is 4.90 Å². The Labute approximate surface area is 106 Å². The van der Waals surface area contributed by atoms with Crippen molar-refractivity contribution in [2.75, 3.05) is 0 Å². The second-order valence-corrected chi connectivity index (χ2v) is 6.03. The van der Waals surface area contributed by atoms with E-state index in [1.165, 1.54) is 12.1 Å². The monoisotopic (exact) mass is 281 g/mol. The minimum absolute atomic E-state index is 0.0157. The molecule has 6 heteroatoms. The van der Waals surface area contributed by atoms with Crippen LogP contribution in [0.1, 0.15) is 20.3 Å². The van der Waals surface area contributed by atoms with E-state index in [4.69, 9.17) is 23.2 Å². The lowest BCUT2D eigenvalue weighted by Crippen LogP contribution is -2.32. The zero-order valence-electron chi connectivity index (χ0n) is 9.00. The van der Waals surface area contributed by atoms with Crippen LogP contribution in [0.2, 0.25) is 10.0 Å². The van der Waals surface area contributed by atoms with Gasteiger partial charge in [0.05, 0.1) is 5.02 Å². The van der Waals surface area contributed by atoms with Gasteiger partial charge >= 0.3 is 0 Å². The van der Waals surface area contributed by atoms with Crippen LogP contribution in [-0.2, 0) is 10.0 Å². The minimum atomic E-state index is -3.59. The highest BCUT2D eigenvalue weighted by atomic mass is 35.5. The van der Waals surface area contributed by atoms with Crippen molar-refractivity contribution in [2.24, 2.45) is 0 Å². The van der Waals surface area contributed by atoms with Crippen LogP contribution in [0.15, 0.2) is 23.1 Å². The van der Waals surface area contributed by atoms with E-state index in [0.29, 0.717) is 11.4 Å². The number of sulfonamides is 1. The van der Waals surface area contributed by atoms with Crippen LogP contribution in [0.3, 0.4) is 0 Å². The molecule has 0 aromatic heterocycles. The maximum absolute atomic E-state index is 11.9. The quantitative estimate of drug-likeness (QED) is 0.922. The summed E-state index contributed by atoms with van der Waals surface area (Å²) in [6, 6.07) is 4.22. The molecular weight excluding hydrogens is 269 g/mol. The average molecular weight is 282 g/mol. The fraction of sp³-hybridized carbons (Fsp3) is 0.400. The molecule has 0 fully saturated rings. The number of hydrogen-bond donors (Lipinski definition) is 1. The van der Waals surface area contributed by atoms with E-state index >= 15 is 0 Å².